The molecule has 5 N–H and O–H groups in total. The van der Waals surface area contributed by atoms with Gasteiger partial charge in [-0.25, -0.2) is 15.0 Å². The first-order valence-electron chi connectivity index (χ1n) is 11.6. The molecule has 2 fully saturated rings. The van der Waals surface area contributed by atoms with E-state index < -0.39 is 5.30 Å². The third-order valence-corrected chi connectivity index (χ3v) is 6.37. The molecule has 3 heterocycles. The topological polar surface area (TPSA) is 137 Å². The lowest BCUT2D eigenvalue weighted by atomic mass is 9.52. The van der Waals surface area contributed by atoms with Crippen molar-refractivity contribution in [3.63, 3.8) is 0 Å². The Balaban J connectivity index is 0.000000445. The molecule has 14 heteroatoms. The standard InChI is InChI=1S/C18H19B3ClN7O.C4H7NO/c19-18(20,21)30-7-12-11(6-29-9-27-15-16(24)25-8-26-17(15)29)14(2-1-13(12)22)28-4-3-10(23)5-28;6-3-5-4-1-2-4/h1-2,8-10H,3-7,23H2,(H2,24,25,26);3-4H,1-2H2,(H,5,6). The van der Waals surface area contributed by atoms with E-state index in [4.69, 9.17) is 51.3 Å². The summed E-state index contributed by atoms with van der Waals surface area (Å²) in [6.07, 6.45) is 7.10. The van der Waals surface area contributed by atoms with Crippen molar-refractivity contribution in [1.29, 1.82) is 0 Å². The number of ether oxygens (including phenoxy) is 1. The number of nitrogen functional groups attached to an aromatic ring is 1. The highest BCUT2D eigenvalue weighted by molar-refractivity contribution is 6.58. The smallest absolute Gasteiger partial charge is 0.207 e. The van der Waals surface area contributed by atoms with Crippen LogP contribution in [0.2, 0.25) is 5.02 Å². The van der Waals surface area contributed by atoms with Crippen LogP contribution in [0.25, 0.3) is 11.2 Å². The first-order valence-corrected chi connectivity index (χ1v) is 12.0. The average molecular weight is 502 g/mol. The molecule has 5 rings (SSSR count). The fraction of sp³-hybridized carbons (Fsp3) is 0.455. The average Bonchev–Trinajstić information content (AvgIpc) is 3.38. The van der Waals surface area contributed by atoms with Crippen molar-refractivity contribution in [3.8, 4) is 0 Å². The second kappa shape index (κ2) is 11.1. The van der Waals surface area contributed by atoms with Crippen LogP contribution in [0, 0.1) is 0 Å². The molecule has 2 aliphatic rings. The van der Waals surface area contributed by atoms with Crippen molar-refractivity contribution < 1.29 is 9.53 Å². The summed E-state index contributed by atoms with van der Waals surface area (Å²) in [4.78, 5) is 24.4. The van der Waals surface area contributed by atoms with Gasteiger partial charge in [-0.15, -0.1) is 0 Å². The minimum atomic E-state index is -1.78. The predicted molar refractivity (Wildman–Crippen MR) is 142 cm³/mol. The fourth-order valence-corrected chi connectivity index (χ4v) is 4.25. The largest absolute Gasteiger partial charge is 0.398 e. The number of nitrogens with zero attached hydrogens (tertiary/aromatic N) is 5. The zero-order valence-corrected chi connectivity index (χ0v) is 20.6. The Labute approximate surface area is 218 Å². The van der Waals surface area contributed by atoms with Crippen LogP contribution >= 0.6 is 11.6 Å². The molecule has 1 aromatic carbocycles. The molecule has 1 aliphatic heterocycles. The Kier molecular flexibility index (Phi) is 8.12. The number of carbonyl (C=O) groups excluding carboxylic acids is 1. The van der Waals surface area contributed by atoms with Gasteiger partial charge in [0, 0.05) is 47.0 Å². The number of carbonyl (C=O) groups is 1. The molecule has 182 valence electrons. The van der Waals surface area contributed by atoms with Crippen molar-refractivity contribution >= 4 is 64.2 Å². The van der Waals surface area contributed by atoms with Gasteiger partial charge in [-0.1, -0.05) is 11.6 Å². The molecule has 1 amide bonds. The van der Waals surface area contributed by atoms with E-state index >= 15 is 0 Å². The maximum atomic E-state index is 9.54. The number of nitrogens with one attached hydrogen (secondary N) is 1. The van der Waals surface area contributed by atoms with E-state index in [1.165, 1.54) is 19.2 Å². The molecule has 1 aliphatic carbocycles. The van der Waals surface area contributed by atoms with E-state index in [9.17, 15) is 4.79 Å². The van der Waals surface area contributed by atoms with Gasteiger partial charge >= 0.3 is 0 Å². The number of fused-ring (bicyclic) bond motifs is 1. The monoisotopic (exact) mass is 502 g/mol. The molecule has 1 unspecified atom stereocenters. The molecule has 6 radical (unpaired) electrons. The lowest BCUT2D eigenvalue weighted by Crippen LogP contribution is -2.34. The molecular formula is C22H26B3ClN8O2. The Morgan fingerprint density at radius 2 is 1.97 bits per heavy atom. The van der Waals surface area contributed by atoms with Crippen molar-refractivity contribution in [1.82, 2.24) is 24.8 Å². The number of imidazole rings is 1. The second-order valence-electron chi connectivity index (χ2n) is 9.02. The highest BCUT2D eigenvalue weighted by atomic mass is 35.5. The Bertz CT molecular complexity index is 1220. The molecule has 0 spiro atoms. The number of rotatable bonds is 8. The molecule has 36 heavy (non-hydrogen) atoms. The van der Waals surface area contributed by atoms with E-state index in [0.29, 0.717) is 34.6 Å². The van der Waals surface area contributed by atoms with Crippen LogP contribution in [-0.4, -0.2) is 79.9 Å². The third-order valence-electron chi connectivity index (χ3n) is 6.02. The van der Waals surface area contributed by atoms with Crippen molar-refractivity contribution in [3.05, 3.63) is 40.9 Å². The maximum Gasteiger partial charge on any atom is 0.207 e. The molecule has 1 saturated carbocycles. The quantitative estimate of drug-likeness (QED) is 0.293. The lowest BCUT2D eigenvalue weighted by molar-refractivity contribution is -0.109. The highest BCUT2D eigenvalue weighted by Gasteiger charge is 2.25. The van der Waals surface area contributed by atoms with Crippen LogP contribution in [0.1, 0.15) is 30.4 Å². The second-order valence-corrected chi connectivity index (χ2v) is 9.43. The number of hydrogen-bond acceptors (Lipinski definition) is 8. The van der Waals surface area contributed by atoms with Crippen molar-refractivity contribution in [2.24, 2.45) is 5.73 Å². The van der Waals surface area contributed by atoms with Gasteiger partial charge in [0.2, 0.25) is 6.41 Å². The number of anilines is 2. The summed E-state index contributed by atoms with van der Waals surface area (Å²) in [5.74, 6) is 0.318. The van der Waals surface area contributed by atoms with E-state index in [1.807, 2.05) is 16.7 Å². The van der Waals surface area contributed by atoms with Crippen molar-refractivity contribution in [2.75, 3.05) is 23.7 Å². The highest BCUT2D eigenvalue weighted by Crippen LogP contribution is 2.34. The van der Waals surface area contributed by atoms with Gasteiger partial charge in [-0.05, 0) is 36.7 Å². The van der Waals surface area contributed by atoms with Crippen LogP contribution in [-0.2, 0) is 22.7 Å². The van der Waals surface area contributed by atoms with Crippen LogP contribution in [0.15, 0.2) is 24.8 Å². The minimum absolute atomic E-state index is 0.0369. The summed E-state index contributed by atoms with van der Waals surface area (Å²) in [5.41, 5.74) is 15.8. The van der Waals surface area contributed by atoms with Gasteiger partial charge < -0.3 is 31.0 Å². The molecule has 10 nitrogen and oxygen atoms in total. The third kappa shape index (κ3) is 6.51. The molecule has 3 aromatic rings. The minimum Gasteiger partial charge on any atom is -0.398 e. The van der Waals surface area contributed by atoms with Crippen LogP contribution in [0.3, 0.4) is 0 Å². The molecular weight excluding hydrogens is 476 g/mol. The predicted octanol–water partition coefficient (Wildman–Crippen LogP) is 0.176. The van der Waals surface area contributed by atoms with E-state index in [1.54, 1.807) is 6.33 Å². The number of hydrogen-bond donors (Lipinski definition) is 3. The molecule has 2 aromatic heterocycles. The van der Waals surface area contributed by atoms with Crippen LogP contribution in [0.5, 0.6) is 0 Å². The summed E-state index contributed by atoms with van der Waals surface area (Å²) in [7, 11) is 16.8. The first kappa shape index (κ1) is 26.3. The van der Waals surface area contributed by atoms with Gasteiger partial charge in [0.1, 0.15) is 11.8 Å². The zero-order chi connectivity index (χ0) is 25.9. The van der Waals surface area contributed by atoms with Gasteiger partial charge in [0.15, 0.2) is 11.5 Å². The Hall–Kier alpha value is -2.76. The number of halogens is 1. The maximum absolute atomic E-state index is 9.54. The Morgan fingerprint density at radius 3 is 2.58 bits per heavy atom. The number of benzene rings is 1. The molecule has 1 atom stereocenters. The van der Waals surface area contributed by atoms with E-state index in [-0.39, 0.29) is 12.6 Å². The van der Waals surface area contributed by atoms with Crippen LogP contribution < -0.4 is 21.7 Å². The van der Waals surface area contributed by atoms with Gasteiger partial charge in [-0.2, -0.15) is 0 Å². The SMILES string of the molecule is O=CNC1CC1.[B]C([B])([B])OCc1c(Cl)ccc(N2CCC(N)C2)c1Cn1cnc2c(N)ncnc21. The summed E-state index contributed by atoms with van der Waals surface area (Å²) in [5, 5.41) is 1.37. The van der Waals surface area contributed by atoms with E-state index in [0.717, 1.165) is 42.7 Å². The van der Waals surface area contributed by atoms with E-state index in [2.05, 4.69) is 25.2 Å². The van der Waals surface area contributed by atoms with Gasteiger partial charge in [-0.3, -0.25) is 4.79 Å². The molecule has 0 bridgehead atoms. The van der Waals surface area contributed by atoms with Gasteiger partial charge in [0.25, 0.3) is 0 Å². The number of nitrogens with two attached hydrogens (primary N) is 2. The Morgan fingerprint density at radius 1 is 1.19 bits per heavy atom. The molecule has 1 saturated heterocycles. The van der Waals surface area contributed by atoms with Gasteiger partial charge in [0.05, 0.1) is 43.0 Å². The summed E-state index contributed by atoms with van der Waals surface area (Å²) >= 11 is 6.53. The van der Waals surface area contributed by atoms with Crippen molar-refractivity contribution in [2.45, 2.75) is 49.8 Å². The number of aromatic nitrogens is 4. The van der Waals surface area contributed by atoms with Crippen LogP contribution in [0.4, 0.5) is 11.5 Å². The zero-order valence-electron chi connectivity index (χ0n) is 19.8. The lowest BCUT2D eigenvalue weighted by Gasteiger charge is -2.27. The normalized spacial score (nSPS) is 17.6. The fourth-order valence-electron chi connectivity index (χ4n) is 4.02. The number of amides is 1. The first-order chi connectivity index (χ1) is 17.2. The summed E-state index contributed by atoms with van der Waals surface area (Å²) < 4.78 is 7.31. The summed E-state index contributed by atoms with van der Waals surface area (Å²) in [6.45, 7) is 2.03. The summed E-state index contributed by atoms with van der Waals surface area (Å²) in [6, 6.07) is 4.44.